The molecule has 0 saturated heterocycles. The maximum Gasteiger partial charge on any atom is 0.370 e. The lowest BCUT2D eigenvalue weighted by Gasteiger charge is -2.31. The molecule has 7 heteroatoms. The molecule has 0 amide bonds. The van der Waals surface area contributed by atoms with E-state index in [9.17, 15) is 19.8 Å². The first kappa shape index (κ1) is 13.2. The molecule has 0 unspecified atom stereocenters. The second kappa shape index (κ2) is 4.98. The van der Waals surface area contributed by atoms with Gasteiger partial charge in [0.05, 0.1) is 11.7 Å². The first-order valence-electron chi connectivity index (χ1n) is 4.73. The second-order valence-electron chi connectivity index (χ2n) is 3.52. The van der Waals surface area contributed by atoms with Gasteiger partial charge in [-0.25, -0.2) is 9.59 Å². The maximum absolute atomic E-state index is 10.7. The molecule has 0 radical (unpaired) electrons. The summed E-state index contributed by atoms with van der Waals surface area (Å²) in [6.45, 7) is 3.08. The van der Waals surface area contributed by atoms with Crippen LogP contribution in [0.25, 0.3) is 0 Å². The fourth-order valence-electron chi connectivity index (χ4n) is 1.46. The summed E-state index contributed by atoms with van der Waals surface area (Å²) in [4.78, 5) is 21.2. The van der Waals surface area contributed by atoms with Crippen LogP contribution >= 0.6 is 0 Å². The SMILES string of the molecule is C=C(O[C@H]1[C@H](O)CC=C(C(=O)O)[C@@H]1O)C(=O)O. The van der Waals surface area contributed by atoms with Crippen molar-refractivity contribution in [1.29, 1.82) is 0 Å². The minimum Gasteiger partial charge on any atom is -0.478 e. The predicted octanol–water partition coefficient (Wildman–Crippen LogP) is -0.894. The highest BCUT2D eigenvalue weighted by atomic mass is 16.5. The topological polar surface area (TPSA) is 124 Å². The largest absolute Gasteiger partial charge is 0.478 e. The lowest BCUT2D eigenvalue weighted by atomic mass is 9.91. The fourth-order valence-corrected chi connectivity index (χ4v) is 1.46. The van der Waals surface area contributed by atoms with E-state index in [1.165, 1.54) is 6.08 Å². The highest BCUT2D eigenvalue weighted by molar-refractivity contribution is 5.88. The lowest BCUT2D eigenvalue weighted by Crippen LogP contribution is -2.45. The number of ether oxygens (including phenoxy) is 1. The normalized spacial score (nSPS) is 28.1. The summed E-state index contributed by atoms with van der Waals surface area (Å²) in [5.41, 5.74) is -0.335. The number of rotatable bonds is 4. The Bertz CT molecular complexity index is 384. The molecule has 0 heterocycles. The van der Waals surface area contributed by atoms with Crippen molar-refractivity contribution in [3.63, 3.8) is 0 Å². The molecule has 94 valence electrons. The van der Waals surface area contributed by atoms with Gasteiger partial charge >= 0.3 is 11.9 Å². The van der Waals surface area contributed by atoms with E-state index in [1.54, 1.807) is 0 Å². The van der Waals surface area contributed by atoms with Gasteiger partial charge in [-0.2, -0.15) is 0 Å². The van der Waals surface area contributed by atoms with E-state index < -0.39 is 36.0 Å². The molecule has 0 aliphatic heterocycles. The average molecular weight is 244 g/mol. The van der Waals surface area contributed by atoms with Gasteiger partial charge in [-0.15, -0.1) is 0 Å². The summed E-state index contributed by atoms with van der Waals surface area (Å²) in [6, 6.07) is 0. The van der Waals surface area contributed by atoms with Gasteiger partial charge in [-0.1, -0.05) is 6.08 Å². The second-order valence-corrected chi connectivity index (χ2v) is 3.52. The van der Waals surface area contributed by atoms with Crippen LogP contribution in [-0.4, -0.2) is 50.7 Å². The maximum atomic E-state index is 10.7. The van der Waals surface area contributed by atoms with Crippen molar-refractivity contribution < 1.29 is 34.8 Å². The molecule has 17 heavy (non-hydrogen) atoms. The van der Waals surface area contributed by atoms with Crippen molar-refractivity contribution in [3.05, 3.63) is 24.0 Å². The van der Waals surface area contributed by atoms with Crippen molar-refractivity contribution in [1.82, 2.24) is 0 Å². The lowest BCUT2D eigenvalue weighted by molar-refractivity contribution is -0.143. The molecule has 7 nitrogen and oxygen atoms in total. The Kier molecular flexibility index (Phi) is 3.87. The minimum absolute atomic E-state index is 0.0454. The Hall–Kier alpha value is -1.86. The molecule has 3 atom stereocenters. The van der Waals surface area contributed by atoms with Crippen LogP contribution < -0.4 is 0 Å². The number of carboxylic acids is 2. The van der Waals surface area contributed by atoms with Crippen LogP contribution in [0, 0.1) is 0 Å². The monoisotopic (exact) mass is 244 g/mol. The number of aliphatic hydroxyl groups is 2. The highest BCUT2D eigenvalue weighted by Crippen LogP contribution is 2.24. The van der Waals surface area contributed by atoms with Gasteiger partial charge in [0.25, 0.3) is 0 Å². The van der Waals surface area contributed by atoms with Gasteiger partial charge < -0.3 is 25.2 Å². The van der Waals surface area contributed by atoms with E-state index in [0.717, 1.165) is 0 Å². The molecule has 0 fully saturated rings. The number of aliphatic hydroxyl groups excluding tert-OH is 2. The molecular formula is C10H12O7. The van der Waals surface area contributed by atoms with E-state index in [1.807, 2.05) is 0 Å². The van der Waals surface area contributed by atoms with Crippen molar-refractivity contribution in [2.75, 3.05) is 0 Å². The zero-order valence-electron chi connectivity index (χ0n) is 8.74. The molecule has 1 aliphatic carbocycles. The Morgan fingerprint density at radius 1 is 1.35 bits per heavy atom. The molecule has 0 aromatic rings. The molecule has 1 rings (SSSR count). The Labute approximate surface area is 96.3 Å². The van der Waals surface area contributed by atoms with Crippen LogP contribution in [0.2, 0.25) is 0 Å². The van der Waals surface area contributed by atoms with Crippen LogP contribution in [0.5, 0.6) is 0 Å². The standard InChI is InChI=1S/C10H12O7/c1-4(9(13)14)17-8-6(11)3-2-5(7(8)12)10(15)16/h2,6-8,11-12H,1,3H2,(H,13,14)(H,15,16)/t6-,7+,8+/m1/s1. The van der Waals surface area contributed by atoms with Gasteiger partial charge in [0.1, 0.15) is 6.10 Å². The van der Waals surface area contributed by atoms with E-state index in [4.69, 9.17) is 14.9 Å². The van der Waals surface area contributed by atoms with Crippen molar-refractivity contribution in [2.24, 2.45) is 0 Å². The van der Waals surface area contributed by atoms with Crippen LogP contribution in [0.1, 0.15) is 6.42 Å². The Morgan fingerprint density at radius 3 is 2.41 bits per heavy atom. The predicted molar refractivity (Wildman–Crippen MR) is 54.0 cm³/mol. The quantitative estimate of drug-likeness (QED) is 0.373. The van der Waals surface area contributed by atoms with Gasteiger partial charge in [0.2, 0.25) is 0 Å². The highest BCUT2D eigenvalue weighted by Gasteiger charge is 2.38. The van der Waals surface area contributed by atoms with Crippen LogP contribution in [0.4, 0.5) is 0 Å². The summed E-state index contributed by atoms with van der Waals surface area (Å²) in [6.07, 6.45) is -3.02. The van der Waals surface area contributed by atoms with Gasteiger partial charge in [-0.3, -0.25) is 0 Å². The average Bonchev–Trinajstić information content (AvgIpc) is 2.22. The number of aliphatic carboxylic acids is 2. The van der Waals surface area contributed by atoms with Crippen LogP contribution in [0.3, 0.4) is 0 Å². The van der Waals surface area contributed by atoms with Crippen molar-refractivity contribution in [3.8, 4) is 0 Å². The summed E-state index contributed by atoms with van der Waals surface area (Å²) in [5.74, 6) is -3.46. The number of carboxylic acid groups (broad SMARTS) is 2. The van der Waals surface area contributed by atoms with Crippen LogP contribution in [0.15, 0.2) is 24.0 Å². The van der Waals surface area contributed by atoms with Gasteiger partial charge in [0.15, 0.2) is 11.9 Å². The Balaban J connectivity index is 2.85. The first-order chi connectivity index (χ1) is 7.84. The van der Waals surface area contributed by atoms with Gasteiger partial charge in [0, 0.05) is 0 Å². The molecule has 0 saturated carbocycles. The van der Waals surface area contributed by atoms with Crippen molar-refractivity contribution >= 4 is 11.9 Å². The smallest absolute Gasteiger partial charge is 0.370 e. The Morgan fingerprint density at radius 2 is 1.94 bits per heavy atom. The third-order valence-electron chi connectivity index (χ3n) is 2.35. The molecular weight excluding hydrogens is 232 g/mol. The fraction of sp³-hybridized carbons (Fsp3) is 0.400. The summed E-state index contributed by atoms with van der Waals surface area (Å²) in [5, 5.41) is 36.4. The van der Waals surface area contributed by atoms with E-state index in [0.29, 0.717) is 0 Å². The third kappa shape index (κ3) is 2.83. The third-order valence-corrected chi connectivity index (χ3v) is 2.35. The molecule has 0 bridgehead atoms. The van der Waals surface area contributed by atoms with Gasteiger partial charge in [-0.05, 0) is 13.0 Å². The molecule has 0 aromatic heterocycles. The van der Waals surface area contributed by atoms with E-state index in [-0.39, 0.29) is 12.0 Å². The summed E-state index contributed by atoms with van der Waals surface area (Å²) >= 11 is 0. The van der Waals surface area contributed by atoms with E-state index >= 15 is 0 Å². The van der Waals surface area contributed by atoms with E-state index in [2.05, 4.69) is 6.58 Å². The van der Waals surface area contributed by atoms with Crippen molar-refractivity contribution in [2.45, 2.75) is 24.7 Å². The summed E-state index contributed by atoms with van der Waals surface area (Å²) < 4.78 is 4.76. The number of hydrogen-bond donors (Lipinski definition) is 4. The number of hydrogen-bond acceptors (Lipinski definition) is 5. The summed E-state index contributed by atoms with van der Waals surface area (Å²) in [7, 11) is 0. The number of carbonyl (C=O) groups is 2. The zero-order valence-corrected chi connectivity index (χ0v) is 8.74. The molecule has 0 spiro atoms. The first-order valence-corrected chi connectivity index (χ1v) is 4.73. The van der Waals surface area contributed by atoms with Crippen LogP contribution in [-0.2, 0) is 14.3 Å². The molecule has 1 aliphatic rings. The molecule has 4 N–H and O–H groups in total. The minimum atomic E-state index is -1.60. The zero-order chi connectivity index (χ0) is 13.2. The molecule has 0 aromatic carbocycles.